The summed E-state index contributed by atoms with van der Waals surface area (Å²) in [6, 6.07) is 3.05. The van der Waals surface area contributed by atoms with Crippen LogP contribution < -0.4 is 10.5 Å². The van der Waals surface area contributed by atoms with E-state index in [4.69, 9.17) is 38.8 Å². The molecule has 0 aliphatic heterocycles. The van der Waals surface area contributed by atoms with E-state index in [9.17, 15) is 4.79 Å². The van der Waals surface area contributed by atoms with Gasteiger partial charge >= 0.3 is 5.97 Å². The van der Waals surface area contributed by atoms with Crippen LogP contribution in [0.1, 0.15) is 18.9 Å². The molecular formula is C11H13Cl2NO3. The van der Waals surface area contributed by atoms with Gasteiger partial charge in [0.2, 0.25) is 0 Å². The van der Waals surface area contributed by atoms with Crippen LogP contribution in [0.4, 0.5) is 0 Å². The number of ether oxygens (including phenoxy) is 1. The summed E-state index contributed by atoms with van der Waals surface area (Å²) in [5.74, 6) is -0.579. The second-order valence-electron chi connectivity index (χ2n) is 3.95. The first-order valence-electron chi connectivity index (χ1n) is 4.82. The van der Waals surface area contributed by atoms with Crippen molar-refractivity contribution in [3.63, 3.8) is 0 Å². The van der Waals surface area contributed by atoms with Crippen molar-refractivity contribution in [3.05, 3.63) is 27.7 Å². The molecule has 0 bridgehead atoms. The molecule has 17 heavy (non-hydrogen) atoms. The summed E-state index contributed by atoms with van der Waals surface area (Å²) >= 11 is 12.0. The van der Waals surface area contributed by atoms with Crippen molar-refractivity contribution in [2.45, 2.75) is 18.9 Å². The van der Waals surface area contributed by atoms with Crippen molar-refractivity contribution >= 4 is 29.2 Å². The van der Waals surface area contributed by atoms with Gasteiger partial charge in [0.25, 0.3) is 0 Å². The molecule has 1 aromatic carbocycles. The summed E-state index contributed by atoms with van der Waals surface area (Å²) < 4.78 is 5.00. The van der Waals surface area contributed by atoms with E-state index in [2.05, 4.69) is 0 Å². The molecule has 0 fully saturated rings. The Kier molecular flexibility index (Phi) is 4.25. The van der Waals surface area contributed by atoms with Gasteiger partial charge in [-0.25, -0.2) is 0 Å². The molecule has 1 rings (SSSR count). The molecule has 6 heteroatoms. The number of nitrogens with two attached hydrogens (primary N) is 1. The lowest BCUT2D eigenvalue weighted by Gasteiger charge is -2.25. The number of hydrogen-bond donors (Lipinski definition) is 2. The zero-order chi connectivity index (χ0) is 13.2. The third kappa shape index (κ3) is 3.25. The van der Waals surface area contributed by atoms with E-state index in [1.165, 1.54) is 19.2 Å². The van der Waals surface area contributed by atoms with E-state index in [0.717, 1.165) is 0 Å². The van der Waals surface area contributed by atoms with Crippen LogP contribution in [0.2, 0.25) is 10.0 Å². The summed E-state index contributed by atoms with van der Waals surface area (Å²) in [5.41, 5.74) is 5.33. The Bertz CT molecular complexity index is 447. The van der Waals surface area contributed by atoms with E-state index in [0.29, 0.717) is 21.4 Å². The number of halogens is 2. The monoisotopic (exact) mass is 277 g/mol. The Morgan fingerprint density at radius 3 is 2.53 bits per heavy atom. The molecule has 1 atom stereocenters. The third-order valence-corrected chi connectivity index (χ3v) is 2.98. The van der Waals surface area contributed by atoms with Crippen molar-refractivity contribution in [2.24, 2.45) is 5.73 Å². The van der Waals surface area contributed by atoms with Gasteiger partial charge in [-0.15, -0.1) is 0 Å². The maximum Gasteiger partial charge on any atom is 0.305 e. The minimum absolute atomic E-state index is 0.241. The van der Waals surface area contributed by atoms with Gasteiger partial charge in [-0.1, -0.05) is 23.2 Å². The van der Waals surface area contributed by atoms with Crippen LogP contribution in [-0.4, -0.2) is 18.2 Å². The maximum atomic E-state index is 10.7. The molecule has 0 radical (unpaired) electrons. The Labute approximate surface area is 109 Å². The van der Waals surface area contributed by atoms with Crippen molar-refractivity contribution in [1.29, 1.82) is 0 Å². The number of carbonyl (C=O) groups is 1. The van der Waals surface area contributed by atoms with Crippen LogP contribution in [-0.2, 0) is 10.3 Å². The lowest BCUT2D eigenvalue weighted by molar-refractivity contribution is -0.138. The largest absolute Gasteiger partial charge is 0.495 e. The Morgan fingerprint density at radius 2 is 2.06 bits per heavy atom. The molecule has 0 saturated heterocycles. The lowest BCUT2D eigenvalue weighted by atomic mass is 9.89. The molecule has 0 aliphatic rings. The lowest BCUT2D eigenvalue weighted by Crippen LogP contribution is -2.35. The fourth-order valence-electron chi connectivity index (χ4n) is 1.53. The van der Waals surface area contributed by atoms with Gasteiger partial charge in [0.1, 0.15) is 5.75 Å². The van der Waals surface area contributed by atoms with E-state index < -0.39 is 11.5 Å². The first kappa shape index (κ1) is 14.1. The van der Waals surface area contributed by atoms with Gasteiger partial charge < -0.3 is 15.6 Å². The molecule has 4 nitrogen and oxygen atoms in total. The highest BCUT2D eigenvalue weighted by Crippen LogP contribution is 2.36. The highest BCUT2D eigenvalue weighted by Gasteiger charge is 2.28. The minimum Gasteiger partial charge on any atom is -0.495 e. The number of carboxylic acid groups (broad SMARTS) is 1. The van der Waals surface area contributed by atoms with Crippen LogP contribution in [0.25, 0.3) is 0 Å². The van der Waals surface area contributed by atoms with Crippen molar-refractivity contribution < 1.29 is 14.6 Å². The average molecular weight is 278 g/mol. The number of hydrogen-bond acceptors (Lipinski definition) is 3. The quantitative estimate of drug-likeness (QED) is 0.888. The van der Waals surface area contributed by atoms with E-state index in [-0.39, 0.29) is 6.42 Å². The van der Waals surface area contributed by atoms with Crippen LogP contribution >= 0.6 is 23.2 Å². The van der Waals surface area contributed by atoms with Gasteiger partial charge in [-0.3, -0.25) is 4.79 Å². The fraction of sp³-hybridized carbons (Fsp3) is 0.364. The molecule has 0 saturated carbocycles. The highest BCUT2D eigenvalue weighted by atomic mass is 35.5. The Hall–Kier alpha value is -0.970. The number of benzene rings is 1. The van der Waals surface area contributed by atoms with Gasteiger partial charge in [-0.2, -0.15) is 0 Å². The maximum absolute atomic E-state index is 10.7. The molecule has 0 spiro atoms. The van der Waals surface area contributed by atoms with Crippen molar-refractivity contribution in [2.75, 3.05) is 7.11 Å². The second-order valence-corrected chi connectivity index (χ2v) is 4.77. The summed E-state index contributed by atoms with van der Waals surface area (Å²) in [5, 5.41) is 9.46. The number of aliphatic carboxylic acids is 1. The molecule has 0 aromatic heterocycles. The highest BCUT2D eigenvalue weighted by molar-refractivity contribution is 6.34. The predicted molar refractivity (Wildman–Crippen MR) is 66.8 cm³/mol. The van der Waals surface area contributed by atoms with E-state index in [1.54, 1.807) is 6.92 Å². The molecule has 0 heterocycles. The van der Waals surface area contributed by atoms with Crippen LogP contribution in [0.15, 0.2) is 12.1 Å². The smallest absolute Gasteiger partial charge is 0.305 e. The van der Waals surface area contributed by atoms with Crippen LogP contribution in [0, 0.1) is 0 Å². The summed E-state index contributed by atoms with van der Waals surface area (Å²) in [6.07, 6.45) is -0.241. The van der Waals surface area contributed by atoms with E-state index >= 15 is 0 Å². The van der Waals surface area contributed by atoms with Gasteiger partial charge in [0, 0.05) is 11.1 Å². The molecule has 0 amide bonds. The SMILES string of the molecule is COc1cc(Cl)c(C(C)(N)CC(=O)O)cc1Cl. The third-order valence-electron chi connectivity index (χ3n) is 2.38. The van der Waals surface area contributed by atoms with Gasteiger partial charge in [0.15, 0.2) is 0 Å². The molecule has 1 aromatic rings. The topological polar surface area (TPSA) is 72.5 Å². The molecule has 94 valence electrons. The summed E-state index contributed by atoms with van der Waals surface area (Å²) in [6.45, 7) is 1.59. The second kappa shape index (κ2) is 5.12. The van der Waals surface area contributed by atoms with Crippen molar-refractivity contribution in [3.8, 4) is 5.75 Å². The van der Waals surface area contributed by atoms with Crippen LogP contribution in [0.3, 0.4) is 0 Å². The minimum atomic E-state index is -1.08. The van der Waals surface area contributed by atoms with Gasteiger partial charge in [-0.05, 0) is 18.6 Å². The van der Waals surface area contributed by atoms with Gasteiger partial charge in [0.05, 0.1) is 24.1 Å². The average Bonchev–Trinajstić information content (AvgIpc) is 2.18. The molecular weight excluding hydrogens is 265 g/mol. The molecule has 3 N–H and O–H groups in total. The number of methoxy groups -OCH3 is 1. The zero-order valence-electron chi connectivity index (χ0n) is 9.46. The Balaban J connectivity index is 3.22. The fourth-order valence-corrected chi connectivity index (χ4v) is 2.14. The zero-order valence-corrected chi connectivity index (χ0v) is 11.0. The van der Waals surface area contributed by atoms with E-state index in [1.807, 2.05) is 0 Å². The summed E-state index contributed by atoms with van der Waals surface area (Å²) in [7, 11) is 1.47. The Morgan fingerprint density at radius 1 is 1.47 bits per heavy atom. The summed E-state index contributed by atoms with van der Waals surface area (Å²) in [4.78, 5) is 10.7. The molecule has 0 aliphatic carbocycles. The normalized spacial score (nSPS) is 14.2. The van der Waals surface area contributed by atoms with Crippen LogP contribution in [0.5, 0.6) is 5.75 Å². The predicted octanol–water partition coefficient (Wildman–Crippen LogP) is 2.65. The first-order chi connectivity index (χ1) is 7.77. The molecule has 1 unspecified atom stereocenters. The number of carboxylic acids is 1. The standard InChI is InChI=1S/C11H13Cl2NO3/c1-11(14,5-10(15)16)6-3-8(13)9(17-2)4-7(6)12/h3-4H,5,14H2,1-2H3,(H,15,16). The first-order valence-corrected chi connectivity index (χ1v) is 5.57. The number of rotatable bonds is 4. The van der Waals surface area contributed by atoms with Crippen molar-refractivity contribution in [1.82, 2.24) is 0 Å².